The lowest BCUT2D eigenvalue weighted by molar-refractivity contribution is -0.384. The average Bonchev–Trinajstić information content (AvgIpc) is 3.06. The molecule has 2 aromatic carbocycles. The minimum absolute atomic E-state index is 0.0866. The van der Waals surface area contributed by atoms with Crippen LogP contribution in [-0.4, -0.2) is 15.4 Å². The second kappa shape index (κ2) is 9.59. The normalized spacial score (nSPS) is 12.3. The predicted octanol–water partition coefficient (Wildman–Crippen LogP) is 4.36. The van der Waals surface area contributed by atoms with E-state index in [1.165, 1.54) is 28.3 Å². The summed E-state index contributed by atoms with van der Waals surface area (Å²) in [6.45, 7) is 6.52. The quantitative estimate of drug-likeness (QED) is 0.405. The summed E-state index contributed by atoms with van der Waals surface area (Å²) in [6.07, 6.45) is 1.66. The topological polar surface area (TPSA) is 107 Å². The molecule has 0 aliphatic rings. The van der Waals surface area contributed by atoms with Gasteiger partial charge in [-0.1, -0.05) is 45.0 Å². The van der Waals surface area contributed by atoms with Gasteiger partial charge in [0.25, 0.3) is 5.69 Å². The van der Waals surface area contributed by atoms with Crippen LogP contribution in [-0.2, 0) is 17.8 Å². The zero-order valence-corrected chi connectivity index (χ0v) is 18.0. The van der Waals surface area contributed by atoms with E-state index in [1.54, 1.807) is 0 Å². The van der Waals surface area contributed by atoms with Crippen molar-refractivity contribution in [1.82, 2.24) is 9.88 Å². The maximum absolute atomic E-state index is 12.6. The van der Waals surface area contributed by atoms with E-state index in [9.17, 15) is 19.7 Å². The molecular formula is C23H27N3O5. The van der Waals surface area contributed by atoms with Gasteiger partial charge < -0.3 is 9.73 Å². The number of aromatic nitrogens is 1. The highest BCUT2D eigenvalue weighted by atomic mass is 16.6. The standard InChI is InChI=1S/C23H27N3O5/c1-4-16-7-9-17(10-8-16)22(15(2)3)24-21(27)6-5-13-25-19-12-11-18(26(29)30)14-20(19)31-23(25)28/h7-12,14-15,22H,4-6,13H2,1-3H3,(H,24,27)/t22-/m0/s1. The minimum Gasteiger partial charge on any atom is -0.407 e. The Morgan fingerprint density at radius 3 is 2.52 bits per heavy atom. The Morgan fingerprint density at radius 1 is 1.19 bits per heavy atom. The van der Waals surface area contributed by atoms with E-state index >= 15 is 0 Å². The molecule has 0 bridgehead atoms. The number of fused-ring (bicyclic) bond motifs is 1. The first-order valence-electron chi connectivity index (χ1n) is 10.5. The lowest BCUT2D eigenvalue weighted by Gasteiger charge is -2.23. The molecular weight excluding hydrogens is 398 g/mol. The van der Waals surface area contributed by atoms with Gasteiger partial charge in [0.2, 0.25) is 5.91 Å². The van der Waals surface area contributed by atoms with Crippen LogP contribution in [0.5, 0.6) is 0 Å². The van der Waals surface area contributed by atoms with Gasteiger partial charge in [0.15, 0.2) is 5.58 Å². The number of hydrogen-bond acceptors (Lipinski definition) is 5. The maximum atomic E-state index is 12.6. The zero-order valence-electron chi connectivity index (χ0n) is 18.0. The monoisotopic (exact) mass is 425 g/mol. The Bertz CT molecular complexity index is 1130. The predicted molar refractivity (Wildman–Crippen MR) is 118 cm³/mol. The third kappa shape index (κ3) is 5.20. The van der Waals surface area contributed by atoms with Gasteiger partial charge in [0.1, 0.15) is 0 Å². The van der Waals surface area contributed by atoms with Crippen molar-refractivity contribution in [2.45, 2.75) is 52.6 Å². The minimum atomic E-state index is -0.591. The zero-order chi connectivity index (χ0) is 22.5. The number of non-ortho nitro benzene ring substituents is 1. The number of nitrogens with one attached hydrogen (secondary N) is 1. The van der Waals surface area contributed by atoms with Crippen molar-refractivity contribution in [2.24, 2.45) is 5.92 Å². The molecule has 8 nitrogen and oxygen atoms in total. The van der Waals surface area contributed by atoms with Gasteiger partial charge in [-0.25, -0.2) is 4.79 Å². The van der Waals surface area contributed by atoms with Crippen LogP contribution >= 0.6 is 0 Å². The number of carbonyl (C=O) groups is 1. The molecule has 1 N–H and O–H groups in total. The first-order chi connectivity index (χ1) is 14.8. The second-order valence-corrected chi connectivity index (χ2v) is 7.92. The summed E-state index contributed by atoms with van der Waals surface area (Å²) in [6, 6.07) is 12.2. The number of benzene rings is 2. The van der Waals surface area contributed by atoms with Crippen LogP contribution in [0.4, 0.5) is 5.69 Å². The van der Waals surface area contributed by atoms with Gasteiger partial charge in [-0.15, -0.1) is 0 Å². The van der Waals surface area contributed by atoms with Crippen LogP contribution in [0.15, 0.2) is 51.7 Å². The highest BCUT2D eigenvalue weighted by Crippen LogP contribution is 2.23. The van der Waals surface area contributed by atoms with Crippen LogP contribution in [0.2, 0.25) is 0 Å². The molecule has 1 amide bonds. The molecule has 0 radical (unpaired) electrons. The number of nitrogens with zero attached hydrogens (tertiary/aromatic N) is 2. The highest BCUT2D eigenvalue weighted by molar-refractivity contribution is 5.77. The molecule has 0 saturated heterocycles. The Balaban J connectivity index is 1.63. The largest absolute Gasteiger partial charge is 0.419 e. The Hall–Kier alpha value is -3.42. The first-order valence-corrected chi connectivity index (χ1v) is 10.5. The van der Waals surface area contributed by atoms with Gasteiger partial charge in [-0.2, -0.15) is 0 Å². The SMILES string of the molecule is CCc1ccc([C@@H](NC(=O)CCCn2c(=O)oc3cc([N+](=O)[O-])ccc32)C(C)C)cc1. The molecule has 0 aliphatic carbocycles. The van der Waals surface area contributed by atoms with Crippen molar-refractivity contribution in [3.05, 3.63) is 74.3 Å². The summed E-state index contributed by atoms with van der Waals surface area (Å²) < 4.78 is 6.52. The summed E-state index contributed by atoms with van der Waals surface area (Å²) in [4.78, 5) is 35.0. The lowest BCUT2D eigenvalue weighted by atomic mass is 9.94. The Labute approximate surface area is 180 Å². The van der Waals surface area contributed by atoms with Crippen LogP contribution in [0.3, 0.4) is 0 Å². The van der Waals surface area contributed by atoms with E-state index in [0.29, 0.717) is 11.9 Å². The molecule has 0 saturated carbocycles. The summed E-state index contributed by atoms with van der Waals surface area (Å²) in [7, 11) is 0. The Morgan fingerprint density at radius 2 is 1.90 bits per heavy atom. The highest BCUT2D eigenvalue weighted by Gasteiger charge is 2.19. The smallest absolute Gasteiger partial charge is 0.407 e. The summed E-state index contributed by atoms with van der Waals surface area (Å²) in [5.74, 6) is -0.450. The van der Waals surface area contributed by atoms with Crippen molar-refractivity contribution in [1.29, 1.82) is 0 Å². The van der Waals surface area contributed by atoms with E-state index in [0.717, 1.165) is 12.0 Å². The number of carbonyl (C=O) groups excluding carboxylic acids is 1. The molecule has 3 aromatic rings. The van der Waals surface area contributed by atoms with Crippen molar-refractivity contribution in [3.63, 3.8) is 0 Å². The van der Waals surface area contributed by atoms with Crippen LogP contribution in [0.25, 0.3) is 11.1 Å². The molecule has 0 aliphatic heterocycles. The fourth-order valence-corrected chi connectivity index (χ4v) is 3.62. The van der Waals surface area contributed by atoms with Crippen molar-refractivity contribution >= 4 is 22.7 Å². The summed E-state index contributed by atoms with van der Waals surface area (Å²) in [5.41, 5.74) is 2.82. The molecule has 1 heterocycles. The summed E-state index contributed by atoms with van der Waals surface area (Å²) in [5, 5.41) is 14.0. The van der Waals surface area contributed by atoms with Gasteiger partial charge >= 0.3 is 5.76 Å². The summed E-state index contributed by atoms with van der Waals surface area (Å²) >= 11 is 0. The number of amides is 1. The third-order valence-electron chi connectivity index (χ3n) is 5.38. The fourth-order valence-electron chi connectivity index (χ4n) is 3.62. The number of nitro benzene ring substituents is 1. The number of rotatable bonds is 9. The van der Waals surface area contributed by atoms with Crippen molar-refractivity contribution < 1.29 is 14.1 Å². The molecule has 1 atom stereocenters. The van der Waals surface area contributed by atoms with Gasteiger partial charge in [0, 0.05) is 19.0 Å². The molecule has 8 heteroatoms. The molecule has 0 spiro atoms. The van der Waals surface area contributed by atoms with E-state index in [2.05, 4.69) is 50.4 Å². The lowest BCUT2D eigenvalue weighted by Crippen LogP contribution is -2.31. The van der Waals surface area contributed by atoms with Crippen LogP contribution in [0.1, 0.15) is 50.8 Å². The van der Waals surface area contributed by atoms with Crippen LogP contribution in [0, 0.1) is 16.0 Å². The number of hydrogen-bond donors (Lipinski definition) is 1. The molecule has 31 heavy (non-hydrogen) atoms. The molecule has 1 aromatic heterocycles. The molecule has 3 rings (SSSR count). The second-order valence-electron chi connectivity index (χ2n) is 7.92. The number of nitro groups is 1. The molecule has 0 unspecified atom stereocenters. The van der Waals surface area contributed by atoms with E-state index < -0.39 is 10.7 Å². The van der Waals surface area contributed by atoms with E-state index in [1.807, 2.05) is 0 Å². The first kappa shape index (κ1) is 22.3. The average molecular weight is 425 g/mol. The van der Waals surface area contributed by atoms with E-state index in [-0.39, 0.29) is 42.1 Å². The van der Waals surface area contributed by atoms with Gasteiger partial charge in [-0.05, 0) is 36.0 Å². The van der Waals surface area contributed by atoms with E-state index in [4.69, 9.17) is 4.42 Å². The van der Waals surface area contributed by atoms with Crippen molar-refractivity contribution in [2.75, 3.05) is 0 Å². The van der Waals surface area contributed by atoms with Crippen LogP contribution < -0.4 is 11.1 Å². The van der Waals surface area contributed by atoms with Gasteiger partial charge in [0.05, 0.1) is 22.5 Å². The number of aryl methyl sites for hydroxylation is 2. The van der Waals surface area contributed by atoms with Crippen molar-refractivity contribution in [3.8, 4) is 0 Å². The fraction of sp³-hybridized carbons (Fsp3) is 0.391. The van der Waals surface area contributed by atoms with Gasteiger partial charge in [-0.3, -0.25) is 19.5 Å². The Kier molecular flexibility index (Phi) is 6.89. The molecule has 0 fully saturated rings. The molecule has 164 valence electrons. The number of oxazole rings is 1. The third-order valence-corrected chi connectivity index (χ3v) is 5.38. The maximum Gasteiger partial charge on any atom is 0.419 e.